The second kappa shape index (κ2) is 6.07. The van der Waals surface area contributed by atoms with Gasteiger partial charge in [0.25, 0.3) is 0 Å². The van der Waals surface area contributed by atoms with Crippen LogP contribution in [0.1, 0.15) is 27.2 Å². The van der Waals surface area contributed by atoms with Gasteiger partial charge in [0.1, 0.15) is 5.82 Å². The molecule has 1 rings (SSSR count). The van der Waals surface area contributed by atoms with E-state index in [0.717, 1.165) is 6.42 Å². The van der Waals surface area contributed by atoms with Gasteiger partial charge in [-0.2, -0.15) is 4.98 Å². The van der Waals surface area contributed by atoms with Crippen LogP contribution in [0.5, 0.6) is 5.88 Å². The van der Waals surface area contributed by atoms with E-state index in [1.807, 2.05) is 6.26 Å². The van der Waals surface area contributed by atoms with Gasteiger partial charge in [-0.1, -0.05) is 32.5 Å². The first-order valence-corrected chi connectivity index (χ1v) is 6.69. The third-order valence-corrected chi connectivity index (χ3v) is 2.66. The van der Waals surface area contributed by atoms with Gasteiger partial charge in [0, 0.05) is 6.07 Å². The summed E-state index contributed by atoms with van der Waals surface area (Å²) in [6, 6.07) is 1.70. The van der Waals surface area contributed by atoms with E-state index in [1.54, 1.807) is 6.07 Å². The maximum atomic E-state index is 5.61. The first kappa shape index (κ1) is 14.1. The van der Waals surface area contributed by atoms with Crippen LogP contribution in [0.3, 0.4) is 0 Å². The van der Waals surface area contributed by atoms with Gasteiger partial charge in [0.15, 0.2) is 5.16 Å². The Morgan fingerprint density at radius 3 is 2.65 bits per heavy atom. The lowest BCUT2D eigenvalue weighted by atomic mass is 9.93. The predicted octanol–water partition coefficient (Wildman–Crippen LogP) is 2.30. The molecule has 0 saturated carbocycles. The minimum absolute atomic E-state index is 0.254. The monoisotopic (exact) mass is 256 g/mol. The number of hydrogen-bond acceptors (Lipinski definition) is 6. The van der Waals surface area contributed by atoms with Crippen molar-refractivity contribution < 1.29 is 4.74 Å². The zero-order valence-corrected chi connectivity index (χ0v) is 11.6. The number of nitrogens with zero attached hydrogens (tertiary/aromatic N) is 2. The van der Waals surface area contributed by atoms with Crippen molar-refractivity contribution in [2.24, 2.45) is 11.3 Å². The van der Waals surface area contributed by atoms with Gasteiger partial charge < -0.3 is 10.2 Å². The number of hydrazine groups is 1. The minimum Gasteiger partial charge on any atom is -0.477 e. The highest BCUT2D eigenvalue weighted by molar-refractivity contribution is 7.98. The SMILES string of the molecule is CSc1nc(NN)cc(OCCC(C)(C)C)n1. The molecule has 0 radical (unpaired) electrons. The Balaban J connectivity index is 2.64. The van der Waals surface area contributed by atoms with Crippen LogP contribution in [0, 0.1) is 5.41 Å². The molecule has 0 fully saturated rings. The molecule has 0 aliphatic carbocycles. The van der Waals surface area contributed by atoms with Crippen LogP contribution in [0.25, 0.3) is 0 Å². The first-order chi connectivity index (χ1) is 7.94. The molecule has 0 unspecified atom stereocenters. The molecule has 0 amide bonds. The zero-order chi connectivity index (χ0) is 12.9. The number of nitrogens with two attached hydrogens (primary N) is 1. The van der Waals surface area contributed by atoms with Crippen molar-refractivity contribution >= 4 is 17.6 Å². The highest BCUT2D eigenvalue weighted by Gasteiger charge is 2.11. The smallest absolute Gasteiger partial charge is 0.219 e. The lowest BCUT2D eigenvalue weighted by Crippen LogP contribution is -2.13. The Hall–Kier alpha value is -1.01. The van der Waals surface area contributed by atoms with E-state index in [2.05, 4.69) is 36.2 Å². The average molecular weight is 256 g/mol. The molecule has 5 nitrogen and oxygen atoms in total. The van der Waals surface area contributed by atoms with Crippen LogP contribution in [0.2, 0.25) is 0 Å². The van der Waals surface area contributed by atoms with Crippen molar-refractivity contribution in [2.45, 2.75) is 32.3 Å². The van der Waals surface area contributed by atoms with Gasteiger partial charge in [-0.15, -0.1) is 0 Å². The Labute approximate surface area is 107 Å². The van der Waals surface area contributed by atoms with Gasteiger partial charge in [-0.05, 0) is 18.1 Å². The van der Waals surface area contributed by atoms with Gasteiger partial charge in [0.2, 0.25) is 5.88 Å². The molecule has 96 valence electrons. The second-order valence-corrected chi connectivity index (χ2v) is 5.65. The first-order valence-electron chi connectivity index (χ1n) is 5.47. The number of anilines is 1. The summed E-state index contributed by atoms with van der Waals surface area (Å²) < 4.78 is 5.61. The summed E-state index contributed by atoms with van der Waals surface area (Å²) in [6.45, 7) is 7.17. The third kappa shape index (κ3) is 5.23. The maximum Gasteiger partial charge on any atom is 0.219 e. The van der Waals surface area contributed by atoms with E-state index < -0.39 is 0 Å². The second-order valence-electron chi connectivity index (χ2n) is 4.88. The van der Waals surface area contributed by atoms with Gasteiger partial charge >= 0.3 is 0 Å². The topological polar surface area (TPSA) is 73.1 Å². The van der Waals surface area contributed by atoms with Crippen LogP contribution in [-0.2, 0) is 0 Å². The van der Waals surface area contributed by atoms with Crippen molar-refractivity contribution in [3.63, 3.8) is 0 Å². The number of nitrogens with one attached hydrogen (secondary N) is 1. The molecule has 1 heterocycles. The van der Waals surface area contributed by atoms with E-state index >= 15 is 0 Å². The molecule has 0 atom stereocenters. The van der Waals surface area contributed by atoms with Crippen LogP contribution < -0.4 is 16.0 Å². The summed E-state index contributed by atoms with van der Waals surface area (Å²) in [5, 5.41) is 0.645. The molecule has 0 aromatic carbocycles. The van der Waals surface area contributed by atoms with E-state index in [0.29, 0.717) is 23.5 Å². The lowest BCUT2D eigenvalue weighted by molar-refractivity contribution is 0.235. The molecule has 17 heavy (non-hydrogen) atoms. The molecule has 3 N–H and O–H groups in total. The summed E-state index contributed by atoms with van der Waals surface area (Å²) in [5.74, 6) is 6.46. The van der Waals surface area contributed by atoms with Crippen molar-refractivity contribution in [1.29, 1.82) is 0 Å². The summed E-state index contributed by atoms with van der Waals surface area (Å²) in [6.07, 6.45) is 2.88. The van der Waals surface area contributed by atoms with Crippen LogP contribution >= 0.6 is 11.8 Å². The summed E-state index contributed by atoms with van der Waals surface area (Å²) in [7, 11) is 0. The summed E-state index contributed by atoms with van der Waals surface area (Å²) >= 11 is 1.45. The van der Waals surface area contributed by atoms with Crippen molar-refractivity contribution in [2.75, 3.05) is 18.3 Å². The molecule has 1 aromatic rings. The number of ether oxygens (including phenoxy) is 1. The molecule has 0 saturated heterocycles. The Morgan fingerprint density at radius 1 is 1.41 bits per heavy atom. The van der Waals surface area contributed by atoms with Gasteiger partial charge in [-0.3, -0.25) is 0 Å². The fourth-order valence-electron chi connectivity index (χ4n) is 1.10. The minimum atomic E-state index is 0.254. The van der Waals surface area contributed by atoms with E-state index in [9.17, 15) is 0 Å². The number of thioether (sulfide) groups is 1. The largest absolute Gasteiger partial charge is 0.477 e. The van der Waals surface area contributed by atoms with E-state index in [4.69, 9.17) is 10.6 Å². The third-order valence-electron chi connectivity index (χ3n) is 2.11. The Kier molecular flexibility index (Phi) is 5.02. The van der Waals surface area contributed by atoms with Crippen LogP contribution in [0.4, 0.5) is 5.82 Å². The van der Waals surface area contributed by atoms with E-state index in [-0.39, 0.29) is 5.41 Å². The highest BCUT2D eigenvalue weighted by Crippen LogP contribution is 2.21. The highest BCUT2D eigenvalue weighted by atomic mass is 32.2. The standard InChI is InChI=1S/C11H20N4OS/c1-11(2,3)5-6-16-9-7-8(15-12)13-10(14-9)17-4/h7H,5-6,12H2,1-4H3,(H,13,14,15). The Morgan fingerprint density at radius 2 is 2.12 bits per heavy atom. The maximum absolute atomic E-state index is 5.61. The quantitative estimate of drug-likeness (QED) is 0.364. The molecule has 0 spiro atoms. The van der Waals surface area contributed by atoms with Gasteiger partial charge in [-0.25, -0.2) is 10.8 Å². The molecule has 1 aromatic heterocycles. The fraction of sp³-hybridized carbons (Fsp3) is 0.636. The molecular formula is C11H20N4OS. The van der Waals surface area contributed by atoms with Crippen molar-refractivity contribution in [1.82, 2.24) is 9.97 Å². The molecule has 0 aliphatic heterocycles. The Bertz CT molecular complexity index is 343. The molecular weight excluding hydrogens is 236 g/mol. The van der Waals surface area contributed by atoms with E-state index in [1.165, 1.54) is 11.8 Å². The van der Waals surface area contributed by atoms with Crippen LogP contribution in [0.15, 0.2) is 11.2 Å². The van der Waals surface area contributed by atoms with Crippen LogP contribution in [-0.4, -0.2) is 22.8 Å². The normalized spacial score (nSPS) is 11.4. The molecule has 0 bridgehead atoms. The number of aromatic nitrogens is 2. The number of nitrogen functional groups attached to an aromatic ring is 1. The predicted molar refractivity (Wildman–Crippen MR) is 71.2 cm³/mol. The molecule has 6 heteroatoms. The van der Waals surface area contributed by atoms with Crippen molar-refractivity contribution in [3.05, 3.63) is 6.07 Å². The number of hydrogen-bond donors (Lipinski definition) is 2. The fourth-order valence-corrected chi connectivity index (χ4v) is 1.48. The number of rotatable bonds is 5. The van der Waals surface area contributed by atoms with Gasteiger partial charge in [0.05, 0.1) is 6.61 Å². The summed E-state index contributed by atoms with van der Waals surface area (Å²) in [4.78, 5) is 8.42. The lowest BCUT2D eigenvalue weighted by Gasteiger charge is -2.17. The van der Waals surface area contributed by atoms with Crippen molar-refractivity contribution in [3.8, 4) is 5.88 Å². The zero-order valence-electron chi connectivity index (χ0n) is 10.8. The average Bonchev–Trinajstić information content (AvgIpc) is 2.26. The molecule has 0 aliphatic rings. The summed E-state index contributed by atoms with van der Waals surface area (Å²) in [5.41, 5.74) is 2.76.